The predicted molar refractivity (Wildman–Crippen MR) is 131 cm³/mol. The fourth-order valence-corrected chi connectivity index (χ4v) is 5.55. The van der Waals surface area contributed by atoms with Gasteiger partial charge in [0.1, 0.15) is 5.69 Å². The summed E-state index contributed by atoms with van der Waals surface area (Å²) < 4.78 is 16.2. The van der Waals surface area contributed by atoms with E-state index >= 15 is 0 Å². The molecule has 0 spiro atoms. The molecule has 2 amide bonds. The van der Waals surface area contributed by atoms with Gasteiger partial charge in [-0.3, -0.25) is 14.9 Å². The SMILES string of the molecule is COc1ccc(C(=O)N2CCC(c3nc(C(=O)Nc4ncc(C)s4)cs3)CC2)c(OC)c1OC. The fraction of sp³-hybridized carbons (Fsp3) is 0.391. The summed E-state index contributed by atoms with van der Waals surface area (Å²) in [5, 5.41) is 6.04. The first-order valence-corrected chi connectivity index (χ1v) is 12.4. The zero-order valence-electron chi connectivity index (χ0n) is 19.4. The van der Waals surface area contributed by atoms with Gasteiger partial charge in [0, 0.05) is 35.5 Å². The highest BCUT2D eigenvalue weighted by Gasteiger charge is 2.30. The zero-order valence-corrected chi connectivity index (χ0v) is 21.0. The van der Waals surface area contributed by atoms with Gasteiger partial charge >= 0.3 is 0 Å². The number of methoxy groups -OCH3 is 3. The number of nitrogens with one attached hydrogen (secondary N) is 1. The van der Waals surface area contributed by atoms with Gasteiger partial charge in [-0.1, -0.05) is 0 Å². The molecule has 1 N–H and O–H groups in total. The van der Waals surface area contributed by atoms with E-state index in [2.05, 4.69) is 15.3 Å². The van der Waals surface area contributed by atoms with Crippen LogP contribution in [0, 0.1) is 6.92 Å². The van der Waals surface area contributed by atoms with Crippen LogP contribution in [-0.2, 0) is 0 Å². The predicted octanol–water partition coefficient (Wildman–Crippen LogP) is 4.21. The Morgan fingerprint density at radius 3 is 2.44 bits per heavy atom. The van der Waals surface area contributed by atoms with Gasteiger partial charge in [0.2, 0.25) is 5.75 Å². The minimum atomic E-state index is -0.259. The Morgan fingerprint density at radius 1 is 1.09 bits per heavy atom. The molecule has 0 aliphatic carbocycles. The molecule has 0 unspecified atom stereocenters. The number of amides is 2. The first-order chi connectivity index (χ1) is 16.4. The number of rotatable bonds is 7. The van der Waals surface area contributed by atoms with Gasteiger partial charge in [-0.15, -0.1) is 22.7 Å². The molecule has 1 fully saturated rings. The van der Waals surface area contributed by atoms with E-state index < -0.39 is 0 Å². The van der Waals surface area contributed by atoms with Crippen molar-refractivity contribution >= 4 is 39.6 Å². The molecule has 0 atom stereocenters. The standard InChI is InChI=1S/C23H26N4O5S2/c1-13-11-24-23(34-13)26-20(28)16-12-33-21(25-16)14-7-9-27(10-8-14)22(29)15-5-6-17(30-2)19(32-4)18(15)31-3/h5-6,11-12,14H,7-10H2,1-4H3,(H,24,26,28). The number of benzene rings is 1. The lowest BCUT2D eigenvalue weighted by Crippen LogP contribution is -2.38. The number of piperidine rings is 1. The Labute approximate surface area is 205 Å². The van der Waals surface area contributed by atoms with Crippen molar-refractivity contribution in [3.8, 4) is 17.2 Å². The normalized spacial score (nSPS) is 14.1. The lowest BCUT2D eigenvalue weighted by molar-refractivity contribution is 0.0708. The molecule has 0 bridgehead atoms. The molecule has 3 heterocycles. The molecule has 9 nitrogen and oxygen atoms in total. The minimum Gasteiger partial charge on any atom is -0.493 e. The molecule has 180 valence electrons. The monoisotopic (exact) mass is 502 g/mol. The summed E-state index contributed by atoms with van der Waals surface area (Å²) in [4.78, 5) is 37.3. The van der Waals surface area contributed by atoms with Crippen molar-refractivity contribution in [3.05, 3.63) is 44.9 Å². The number of nitrogens with zero attached hydrogens (tertiary/aromatic N) is 3. The maximum absolute atomic E-state index is 13.2. The van der Waals surface area contributed by atoms with E-state index in [1.54, 1.807) is 23.7 Å². The second-order valence-corrected chi connectivity index (χ2v) is 9.87. The number of aromatic nitrogens is 2. The molecule has 1 aromatic carbocycles. The van der Waals surface area contributed by atoms with Crippen LogP contribution in [0.1, 0.15) is 49.5 Å². The Kier molecular flexibility index (Phi) is 7.32. The highest BCUT2D eigenvalue weighted by atomic mass is 32.1. The molecule has 34 heavy (non-hydrogen) atoms. The summed E-state index contributed by atoms with van der Waals surface area (Å²) in [6.45, 7) is 3.10. The van der Waals surface area contributed by atoms with E-state index in [0.717, 1.165) is 22.7 Å². The topological polar surface area (TPSA) is 103 Å². The van der Waals surface area contributed by atoms with Crippen LogP contribution in [0.3, 0.4) is 0 Å². The second kappa shape index (κ2) is 10.4. The Bertz CT molecular complexity index is 1180. The second-order valence-electron chi connectivity index (χ2n) is 7.75. The van der Waals surface area contributed by atoms with Crippen molar-refractivity contribution < 1.29 is 23.8 Å². The molecular formula is C23H26N4O5S2. The van der Waals surface area contributed by atoms with Crippen molar-refractivity contribution in [2.24, 2.45) is 0 Å². The molecule has 3 aromatic rings. The van der Waals surface area contributed by atoms with E-state index in [4.69, 9.17) is 14.2 Å². The van der Waals surface area contributed by atoms with Crippen molar-refractivity contribution in [1.29, 1.82) is 0 Å². The number of anilines is 1. The molecule has 11 heteroatoms. The molecule has 0 saturated carbocycles. The van der Waals surface area contributed by atoms with Crippen LogP contribution in [0.2, 0.25) is 0 Å². The number of thiazole rings is 2. The van der Waals surface area contributed by atoms with Crippen molar-refractivity contribution in [2.75, 3.05) is 39.7 Å². The molecular weight excluding hydrogens is 476 g/mol. The highest BCUT2D eigenvalue weighted by Crippen LogP contribution is 2.41. The number of aryl methyl sites for hydroxylation is 1. The average Bonchev–Trinajstić information content (AvgIpc) is 3.52. The average molecular weight is 503 g/mol. The number of carbonyl (C=O) groups is 2. The Morgan fingerprint density at radius 2 is 1.82 bits per heavy atom. The number of likely N-dealkylation sites (tertiary alicyclic amines) is 1. The van der Waals surface area contributed by atoms with E-state index in [1.165, 1.54) is 44.0 Å². The quantitative estimate of drug-likeness (QED) is 0.516. The Hall–Kier alpha value is -3.18. The van der Waals surface area contributed by atoms with Gasteiger partial charge in [0.25, 0.3) is 11.8 Å². The van der Waals surface area contributed by atoms with Crippen molar-refractivity contribution in [3.63, 3.8) is 0 Å². The van der Waals surface area contributed by atoms with Gasteiger partial charge in [0.15, 0.2) is 16.6 Å². The van der Waals surface area contributed by atoms with Gasteiger partial charge in [-0.05, 0) is 31.9 Å². The fourth-order valence-electron chi connectivity index (χ4n) is 3.92. The van der Waals surface area contributed by atoms with Crippen molar-refractivity contribution in [2.45, 2.75) is 25.7 Å². The number of hydrogen-bond acceptors (Lipinski definition) is 9. The molecule has 4 rings (SSSR count). The van der Waals surface area contributed by atoms with Crippen molar-refractivity contribution in [1.82, 2.24) is 14.9 Å². The zero-order chi connectivity index (χ0) is 24.2. The summed E-state index contributed by atoms with van der Waals surface area (Å²) in [7, 11) is 4.56. The van der Waals surface area contributed by atoms with Crippen LogP contribution < -0.4 is 19.5 Å². The number of hydrogen-bond donors (Lipinski definition) is 1. The van der Waals surface area contributed by atoms with Crippen LogP contribution in [0.4, 0.5) is 5.13 Å². The van der Waals surface area contributed by atoms with Crippen LogP contribution in [-0.4, -0.2) is 61.1 Å². The first-order valence-electron chi connectivity index (χ1n) is 10.7. The largest absolute Gasteiger partial charge is 0.493 e. The lowest BCUT2D eigenvalue weighted by Gasteiger charge is -2.31. The van der Waals surface area contributed by atoms with E-state index in [9.17, 15) is 9.59 Å². The van der Waals surface area contributed by atoms with Gasteiger partial charge in [0.05, 0.1) is 31.9 Å². The maximum atomic E-state index is 13.2. The molecule has 1 aliphatic heterocycles. The van der Waals surface area contributed by atoms with Crippen LogP contribution in [0.5, 0.6) is 17.2 Å². The molecule has 1 saturated heterocycles. The molecule has 1 aliphatic rings. The summed E-state index contributed by atoms with van der Waals surface area (Å²) in [6.07, 6.45) is 3.25. The molecule has 2 aromatic heterocycles. The van der Waals surface area contributed by atoms with E-state index in [1.807, 2.05) is 11.8 Å². The summed E-state index contributed by atoms with van der Waals surface area (Å²) in [6, 6.07) is 3.40. The maximum Gasteiger partial charge on any atom is 0.276 e. The minimum absolute atomic E-state index is 0.116. The van der Waals surface area contributed by atoms with Crippen LogP contribution >= 0.6 is 22.7 Å². The number of ether oxygens (including phenoxy) is 3. The lowest BCUT2D eigenvalue weighted by atomic mass is 9.97. The van der Waals surface area contributed by atoms with Crippen LogP contribution in [0.25, 0.3) is 0 Å². The number of carbonyl (C=O) groups excluding carboxylic acids is 2. The van der Waals surface area contributed by atoms with Crippen LogP contribution in [0.15, 0.2) is 23.7 Å². The Balaban J connectivity index is 1.40. The summed E-state index contributed by atoms with van der Waals surface area (Å²) in [5.74, 6) is 1.08. The van der Waals surface area contributed by atoms with Gasteiger partial charge in [-0.2, -0.15) is 0 Å². The molecule has 0 radical (unpaired) electrons. The summed E-state index contributed by atoms with van der Waals surface area (Å²) in [5.41, 5.74) is 0.825. The third-order valence-corrected chi connectivity index (χ3v) is 7.50. The van der Waals surface area contributed by atoms with Gasteiger partial charge < -0.3 is 19.1 Å². The smallest absolute Gasteiger partial charge is 0.276 e. The summed E-state index contributed by atoms with van der Waals surface area (Å²) >= 11 is 2.90. The first kappa shape index (κ1) is 24.0. The highest BCUT2D eigenvalue weighted by molar-refractivity contribution is 7.15. The van der Waals surface area contributed by atoms with E-state index in [0.29, 0.717) is 46.7 Å². The third kappa shape index (κ3) is 4.85. The third-order valence-electron chi connectivity index (χ3n) is 5.66. The van der Waals surface area contributed by atoms with E-state index in [-0.39, 0.29) is 17.7 Å². The van der Waals surface area contributed by atoms with Gasteiger partial charge in [-0.25, -0.2) is 9.97 Å².